The molecular weight excluding hydrogens is 238 g/mol. The van der Waals surface area contributed by atoms with E-state index in [2.05, 4.69) is 0 Å². The monoisotopic (exact) mass is 257 g/mol. The van der Waals surface area contributed by atoms with Crippen molar-refractivity contribution in [3.05, 3.63) is 52.7 Å². The summed E-state index contributed by atoms with van der Waals surface area (Å²) in [6.45, 7) is 4.01. The van der Waals surface area contributed by atoms with Gasteiger partial charge in [0.1, 0.15) is 0 Å². The highest BCUT2D eigenvalue weighted by Crippen LogP contribution is 2.44. The molecule has 1 heterocycles. The van der Waals surface area contributed by atoms with Crippen molar-refractivity contribution in [2.45, 2.75) is 38.3 Å². The van der Waals surface area contributed by atoms with Crippen molar-refractivity contribution in [1.29, 1.82) is 0 Å². The first-order chi connectivity index (χ1) is 9.03. The molecule has 0 unspecified atom stereocenters. The van der Waals surface area contributed by atoms with E-state index < -0.39 is 0 Å². The van der Waals surface area contributed by atoms with Crippen LogP contribution >= 0.6 is 0 Å². The highest BCUT2D eigenvalue weighted by atomic mass is 16.1. The molecule has 0 spiro atoms. The van der Waals surface area contributed by atoms with Crippen molar-refractivity contribution in [2.75, 3.05) is 0 Å². The summed E-state index contributed by atoms with van der Waals surface area (Å²) < 4.78 is 3.43. The van der Waals surface area contributed by atoms with Crippen LogP contribution in [-0.4, -0.2) is 9.13 Å². The lowest BCUT2D eigenvalue weighted by atomic mass is 10.0. The fourth-order valence-corrected chi connectivity index (χ4v) is 2.48. The first-order valence-electron chi connectivity index (χ1n) is 6.71. The number of hydrogen-bond acceptors (Lipinski definition) is 2. The number of rotatable bonds is 3. The van der Waals surface area contributed by atoms with Crippen LogP contribution in [0.15, 0.2) is 41.5 Å². The number of aromatic nitrogens is 2. The summed E-state index contributed by atoms with van der Waals surface area (Å²) in [7, 11) is 0. The van der Waals surface area contributed by atoms with Gasteiger partial charge in [0, 0.05) is 24.0 Å². The van der Waals surface area contributed by atoms with Crippen molar-refractivity contribution in [3.8, 4) is 5.69 Å². The second kappa shape index (κ2) is 4.10. The summed E-state index contributed by atoms with van der Waals surface area (Å²) in [5.41, 5.74) is 8.03. The van der Waals surface area contributed by atoms with Crippen LogP contribution < -0.4 is 11.4 Å². The van der Waals surface area contributed by atoms with Gasteiger partial charge in [0.25, 0.3) is 0 Å². The van der Waals surface area contributed by atoms with Crippen LogP contribution in [0, 0.1) is 0 Å². The van der Waals surface area contributed by atoms with Gasteiger partial charge in [0.15, 0.2) is 0 Å². The summed E-state index contributed by atoms with van der Waals surface area (Å²) in [6, 6.07) is 8.09. The SMILES string of the molecule is CC(C)n1ccn(-c2ccccc2C2(N)CC2)c1=O. The summed E-state index contributed by atoms with van der Waals surface area (Å²) >= 11 is 0. The summed E-state index contributed by atoms with van der Waals surface area (Å²) in [5.74, 6) is 0. The van der Waals surface area contributed by atoms with Crippen LogP contribution in [0.25, 0.3) is 5.69 Å². The van der Waals surface area contributed by atoms with Gasteiger partial charge in [-0.1, -0.05) is 18.2 Å². The van der Waals surface area contributed by atoms with E-state index in [1.807, 2.05) is 50.5 Å². The van der Waals surface area contributed by atoms with Crippen LogP contribution in [0.4, 0.5) is 0 Å². The lowest BCUT2D eigenvalue weighted by molar-refractivity contribution is 0.573. The van der Waals surface area contributed by atoms with E-state index in [4.69, 9.17) is 5.73 Å². The van der Waals surface area contributed by atoms with Gasteiger partial charge in [0.2, 0.25) is 0 Å². The molecule has 1 aromatic carbocycles. The van der Waals surface area contributed by atoms with E-state index in [9.17, 15) is 4.79 Å². The minimum atomic E-state index is -0.240. The minimum Gasteiger partial charge on any atom is -0.321 e. The van der Waals surface area contributed by atoms with E-state index in [-0.39, 0.29) is 17.3 Å². The predicted molar refractivity (Wildman–Crippen MR) is 75.5 cm³/mol. The zero-order chi connectivity index (χ0) is 13.6. The smallest absolute Gasteiger partial charge is 0.321 e. The number of nitrogens with two attached hydrogens (primary N) is 1. The fourth-order valence-electron chi connectivity index (χ4n) is 2.48. The molecule has 0 bridgehead atoms. The zero-order valence-electron chi connectivity index (χ0n) is 11.3. The van der Waals surface area contributed by atoms with Gasteiger partial charge in [-0.25, -0.2) is 4.79 Å². The Hall–Kier alpha value is -1.81. The first-order valence-corrected chi connectivity index (χ1v) is 6.71. The molecule has 2 N–H and O–H groups in total. The molecule has 4 nitrogen and oxygen atoms in total. The lowest BCUT2D eigenvalue weighted by Gasteiger charge is -2.15. The van der Waals surface area contributed by atoms with Crippen molar-refractivity contribution in [3.63, 3.8) is 0 Å². The Kier molecular flexibility index (Phi) is 2.64. The number of nitrogens with zero attached hydrogens (tertiary/aromatic N) is 2. The second-order valence-corrected chi connectivity index (χ2v) is 5.63. The van der Waals surface area contributed by atoms with Gasteiger partial charge in [-0.15, -0.1) is 0 Å². The summed E-state index contributed by atoms with van der Waals surface area (Å²) in [6.07, 6.45) is 5.64. The summed E-state index contributed by atoms with van der Waals surface area (Å²) in [5, 5.41) is 0. The molecule has 1 aliphatic rings. The molecule has 0 amide bonds. The fraction of sp³-hybridized carbons (Fsp3) is 0.400. The Bertz CT molecular complexity index is 662. The highest BCUT2D eigenvalue weighted by Gasteiger charge is 2.41. The van der Waals surface area contributed by atoms with E-state index in [0.29, 0.717) is 0 Å². The van der Waals surface area contributed by atoms with Crippen LogP contribution in [0.5, 0.6) is 0 Å². The minimum absolute atomic E-state index is 0.00769. The van der Waals surface area contributed by atoms with Crippen molar-refractivity contribution < 1.29 is 0 Å². The van der Waals surface area contributed by atoms with Crippen LogP contribution in [0.3, 0.4) is 0 Å². The molecule has 1 fully saturated rings. The van der Waals surface area contributed by atoms with Crippen molar-refractivity contribution in [2.24, 2.45) is 5.73 Å². The molecule has 0 saturated heterocycles. The maximum atomic E-state index is 12.4. The quantitative estimate of drug-likeness (QED) is 0.916. The zero-order valence-corrected chi connectivity index (χ0v) is 11.3. The van der Waals surface area contributed by atoms with E-state index >= 15 is 0 Å². The standard InChI is InChI=1S/C15H19N3O/c1-11(2)17-9-10-18(14(17)19)13-6-4-3-5-12(13)15(16)7-8-15/h3-6,9-11H,7-8,16H2,1-2H3. The number of para-hydroxylation sites is 1. The lowest BCUT2D eigenvalue weighted by Crippen LogP contribution is -2.27. The maximum Gasteiger partial charge on any atom is 0.332 e. The van der Waals surface area contributed by atoms with Gasteiger partial charge < -0.3 is 5.73 Å². The maximum absolute atomic E-state index is 12.4. The van der Waals surface area contributed by atoms with Crippen molar-refractivity contribution >= 4 is 0 Å². The highest BCUT2D eigenvalue weighted by molar-refractivity contribution is 5.47. The van der Waals surface area contributed by atoms with Gasteiger partial charge in [-0.2, -0.15) is 0 Å². The van der Waals surface area contributed by atoms with Gasteiger partial charge in [-0.3, -0.25) is 9.13 Å². The molecule has 100 valence electrons. The third-order valence-electron chi connectivity index (χ3n) is 3.85. The third-order valence-corrected chi connectivity index (χ3v) is 3.85. The first kappa shape index (κ1) is 12.2. The molecule has 0 radical (unpaired) electrons. The number of imidazole rings is 1. The molecule has 19 heavy (non-hydrogen) atoms. The molecule has 0 aliphatic heterocycles. The molecule has 2 aromatic rings. The van der Waals surface area contributed by atoms with Crippen LogP contribution in [0.1, 0.15) is 38.3 Å². The molecule has 3 rings (SSSR count). The Morgan fingerprint density at radius 2 is 1.89 bits per heavy atom. The van der Waals surface area contributed by atoms with Gasteiger partial charge in [0.05, 0.1) is 5.69 Å². The second-order valence-electron chi connectivity index (χ2n) is 5.63. The van der Waals surface area contributed by atoms with E-state index in [1.165, 1.54) is 0 Å². The normalized spacial score (nSPS) is 16.8. The number of benzene rings is 1. The molecule has 0 atom stereocenters. The van der Waals surface area contributed by atoms with Crippen LogP contribution in [-0.2, 0) is 5.54 Å². The number of hydrogen-bond donors (Lipinski definition) is 1. The molecule has 1 saturated carbocycles. The largest absolute Gasteiger partial charge is 0.332 e. The topological polar surface area (TPSA) is 52.9 Å². The molecule has 1 aromatic heterocycles. The van der Waals surface area contributed by atoms with Gasteiger partial charge in [-0.05, 0) is 38.3 Å². The van der Waals surface area contributed by atoms with Crippen molar-refractivity contribution in [1.82, 2.24) is 9.13 Å². The van der Waals surface area contributed by atoms with Crippen LogP contribution in [0.2, 0.25) is 0 Å². The van der Waals surface area contributed by atoms with E-state index in [1.54, 1.807) is 9.13 Å². The average molecular weight is 257 g/mol. The predicted octanol–water partition coefficient (Wildman–Crippen LogP) is 2.17. The van der Waals surface area contributed by atoms with E-state index in [0.717, 1.165) is 24.1 Å². The molecular formula is C15H19N3O. The Labute approximate surface area is 112 Å². The summed E-state index contributed by atoms with van der Waals surface area (Å²) in [4.78, 5) is 12.4. The van der Waals surface area contributed by atoms with Gasteiger partial charge >= 0.3 is 5.69 Å². The molecule has 1 aliphatic carbocycles. The Morgan fingerprint density at radius 3 is 2.47 bits per heavy atom. The Balaban J connectivity index is 2.16. The molecule has 4 heteroatoms. The third kappa shape index (κ3) is 1.92. The Morgan fingerprint density at radius 1 is 1.21 bits per heavy atom. The average Bonchev–Trinajstić information content (AvgIpc) is 3.01.